The molecule has 100 valence electrons. The van der Waals surface area contributed by atoms with Crippen LogP contribution < -0.4 is 5.56 Å². The monoisotopic (exact) mass is 272 g/mol. The number of benzene rings is 2. The van der Waals surface area contributed by atoms with E-state index in [9.17, 15) is 13.6 Å². The van der Waals surface area contributed by atoms with Crippen molar-refractivity contribution in [3.8, 4) is 0 Å². The Balaban J connectivity index is 2.02. The number of halogens is 2. The maximum atomic E-state index is 13.1. The van der Waals surface area contributed by atoms with E-state index in [1.165, 1.54) is 24.3 Å². The van der Waals surface area contributed by atoms with E-state index >= 15 is 0 Å². The summed E-state index contributed by atoms with van der Waals surface area (Å²) in [5, 5.41) is 0.216. The molecule has 0 spiro atoms. The quantitative estimate of drug-likeness (QED) is 0.779. The highest BCUT2D eigenvalue weighted by atomic mass is 19.1. The predicted molar refractivity (Wildman–Crippen MR) is 71.5 cm³/mol. The lowest BCUT2D eigenvalue weighted by molar-refractivity contribution is 0.627. The van der Waals surface area contributed by atoms with Crippen molar-refractivity contribution in [3.05, 3.63) is 75.8 Å². The molecule has 3 rings (SSSR count). The van der Waals surface area contributed by atoms with Gasteiger partial charge >= 0.3 is 0 Å². The number of rotatable bonds is 2. The Morgan fingerprint density at radius 2 is 1.70 bits per heavy atom. The van der Waals surface area contributed by atoms with Crippen LogP contribution in [-0.4, -0.2) is 9.97 Å². The Labute approximate surface area is 112 Å². The highest BCUT2D eigenvalue weighted by Crippen LogP contribution is 2.11. The van der Waals surface area contributed by atoms with Crippen molar-refractivity contribution in [1.82, 2.24) is 9.97 Å². The molecule has 0 amide bonds. The summed E-state index contributed by atoms with van der Waals surface area (Å²) in [6.45, 7) is 0. The minimum absolute atomic E-state index is 0.216. The van der Waals surface area contributed by atoms with Gasteiger partial charge in [0.2, 0.25) is 0 Å². The molecule has 3 nitrogen and oxygen atoms in total. The number of aromatic nitrogens is 2. The first-order valence-electron chi connectivity index (χ1n) is 6.05. The summed E-state index contributed by atoms with van der Waals surface area (Å²) in [7, 11) is 0. The summed E-state index contributed by atoms with van der Waals surface area (Å²) in [5.74, 6) is -0.332. The van der Waals surface area contributed by atoms with Crippen LogP contribution in [0, 0.1) is 11.6 Å². The number of fused-ring (bicyclic) bond motifs is 1. The number of hydrogen-bond acceptors (Lipinski definition) is 2. The lowest BCUT2D eigenvalue weighted by atomic mass is 10.1. The van der Waals surface area contributed by atoms with Crippen LogP contribution >= 0.6 is 0 Å². The van der Waals surface area contributed by atoms with E-state index in [4.69, 9.17) is 0 Å². The molecule has 0 radical (unpaired) electrons. The number of nitrogens with one attached hydrogen (secondary N) is 1. The Bertz CT molecular complexity index is 825. The molecular weight excluding hydrogens is 262 g/mol. The summed E-state index contributed by atoms with van der Waals surface area (Å²) in [5.41, 5.74) is 0.884. The van der Waals surface area contributed by atoms with Crippen molar-refractivity contribution in [2.75, 3.05) is 0 Å². The van der Waals surface area contributed by atoms with Gasteiger partial charge in [0.1, 0.15) is 17.5 Å². The molecular formula is C15H10F2N2O. The van der Waals surface area contributed by atoms with Crippen molar-refractivity contribution in [1.29, 1.82) is 0 Å². The van der Waals surface area contributed by atoms with Gasteiger partial charge in [-0.3, -0.25) is 4.79 Å². The molecule has 0 unspecified atom stereocenters. The fraction of sp³-hybridized carbons (Fsp3) is 0.0667. The van der Waals surface area contributed by atoms with E-state index in [2.05, 4.69) is 9.97 Å². The molecule has 20 heavy (non-hydrogen) atoms. The Hall–Kier alpha value is -2.56. The fourth-order valence-electron chi connectivity index (χ4n) is 2.04. The molecule has 0 aliphatic carbocycles. The van der Waals surface area contributed by atoms with Crippen LogP contribution in [0.4, 0.5) is 8.78 Å². The van der Waals surface area contributed by atoms with E-state index in [1.54, 1.807) is 12.1 Å². The summed E-state index contributed by atoms with van der Waals surface area (Å²) < 4.78 is 25.9. The SMILES string of the molecule is O=c1[nH]c(Cc2ccc(F)cc2)nc2ccc(F)cc12. The van der Waals surface area contributed by atoms with Crippen molar-refractivity contribution >= 4 is 10.9 Å². The average molecular weight is 272 g/mol. The first-order valence-corrected chi connectivity index (χ1v) is 6.05. The summed E-state index contributed by atoms with van der Waals surface area (Å²) in [6, 6.07) is 9.84. The molecule has 5 heteroatoms. The molecule has 2 aromatic carbocycles. The summed E-state index contributed by atoms with van der Waals surface area (Å²) in [6.07, 6.45) is 0.378. The van der Waals surface area contributed by atoms with Crippen molar-refractivity contribution in [2.24, 2.45) is 0 Å². The van der Waals surface area contributed by atoms with Crippen LogP contribution in [0.2, 0.25) is 0 Å². The lowest BCUT2D eigenvalue weighted by Crippen LogP contribution is -2.12. The largest absolute Gasteiger partial charge is 0.310 e. The van der Waals surface area contributed by atoms with E-state index < -0.39 is 5.82 Å². The van der Waals surface area contributed by atoms with Gasteiger partial charge in [-0.05, 0) is 35.9 Å². The second kappa shape index (κ2) is 4.85. The highest BCUT2D eigenvalue weighted by molar-refractivity contribution is 5.77. The molecule has 0 aliphatic heterocycles. The molecule has 1 heterocycles. The third-order valence-corrected chi connectivity index (χ3v) is 3.00. The maximum Gasteiger partial charge on any atom is 0.258 e. The molecule has 0 atom stereocenters. The maximum absolute atomic E-state index is 13.1. The van der Waals surface area contributed by atoms with Gasteiger partial charge < -0.3 is 4.98 Å². The molecule has 1 aromatic heterocycles. The topological polar surface area (TPSA) is 45.8 Å². The van der Waals surface area contributed by atoms with Gasteiger partial charge in [0, 0.05) is 6.42 Å². The second-order valence-electron chi connectivity index (χ2n) is 4.48. The van der Waals surface area contributed by atoms with Crippen LogP contribution in [0.25, 0.3) is 10.9 Å². The first-order chi connectivity index (χ1) is 9.61. The molecule has 1 N–H and O–H groups in total. The van der Waals surface area contributed by atoms with E-state index in [1.807, 2.05) is 0 Å². The van der Waals surface area contributed by atoms with Crippen LogP contribution in [0.15, 0.2) is 47.3 Å². The Morgan fingerprint density at radius 1 is 1.00 bits per heavy atom. The normalized spacial score (nSPS) is 10.9. The zero-order valence-corrected chi connectivity index (χ0v) is 10.4. The van der Waals surface area contributed by atoms with E-state index in [-0.39, 0.29) is 16.8 Å². The van der Waals surface area contributed by atoms with E-state index in [0.29, 0.717) is 17.8 Å². The van der Waals surface area contributed by atoms with Gasteiger partial charge in [0.05, 0.1) is 10.9 Å². The minimum Gasteiger partial charge on any atom is -0.310 e. The minimum atomic E-state index is -0.476. The third-order valence-electron chi connectivity index (χ3n) is 3.00. The van der Waals surface area contributed by atoms with Crippen molar-refractivity contribution in [2.45, 2.75) is 6.42 Å². The number of hydrogen-bond donors (Lipinski definition) is 1. The van der Waals surface area contributed by atoms with Gasteiger partial charge in [-0.25, -0.2) is 13.8 Å². The van der Waals surface area contributed by atoms with Gasteiger partial charge in [-0.2, -0.15) is 0 Å². The van der Waals surface area contributed by atoms with Crippen LogP contribution in [0.1, 0.15) is 11.4 Å². The van der Waals surface area contributed by atoms with Gasteiger partial charge in [0.25, 0.3) is 5.56 Å². The zero-order valence-electron chi connectivity index (χ0n) is 10.4. The van der Waals surface area contributed by atoms with Gasteiger partial charge in [-0.1, -0.05) is 12.1 Å². The molecule has 0 saturated carbocycles. The van der Waals surface area contributed by atoms with Gasteiger partial charge in [0.15, 0.2) is 0 Å². The second-order valence-corrected chi connectivity index (χ2v) is 4.48. The number of aromatic amines is 1. The molecule has 3 aromatic rings. The molecule has 0 bridgehead atoms. The predicted octanol–water partition coefficient (Wildman–Crippen LogP) is 2.79. The van der Waals surface area contributed by atoms with Crippen LogP contribution in [0.5, 0.6) is 0 Å². The average Bonchev–Trinajstić information content (AvgIpc) is 2.42. The first kappa shape index (κ1) is 12.5. The standard InChI is InChI=1S/C15H10F2N2O/c16-10-3-1-9(2-4-10)7-14-18-13-6-5-11(17)8-12(13)15(20)19-14/h1-6,8H,7H2,(H,18,19,20). The molecule has 0 saturated heterocycles. The number of H-pyrrole nitrogens is 1. The number of nitrogens with zero attached hydrogens (tertiary/aromatic N) is 1. The van der Waals surface area contributed by atoms with E-state index in [0.717, 1.165) is 11.6 Å². The Kier molecular flexibility index (Phi) is 3.02. The van der Waals surface area contributed by atoms with Crippen molar-refractivity contribution in [3.63, 3.8) is 0 Å². The Morgan fingerprint density at radius 3 is 2.45 bits per heavy atom. The third kappa shape index (κ3) is 2.42. The van der Waals surface area contributed by atoms with Crippen LogP contribution in [0.3, 0.4) is 0 Å². The summed E-state index contributed by atoms with van der Waals surface area (Å²) >= 11 is 0. The fourth-order valence-corrected chi connectivity index (χ4v) is 2.04. The van der Waals surface area contributed by atoms with Crippen molar-refractivity contribution < 1.29 is 8.78 Å². The highest BCUT2D eigenvalue weighted by Gasteiger charge is 2.06. The van der Waals surface area contributed by atoms with Crippen LogP contribution in [-0.2, 0) is 6.42 Å². The molecule has 0 aliphatic rings. The molecule has 0 fully saturated rings. The zero-order chi connectivity index (χ0) is 14.1. The smallest absolute Gasteiger partial charge is 0.258 e. The summed E-state index contributed by atoms with van der Waals surface area (Å²) in [4.78, 5) is 18.8. The lowest BCUT2D eigenvalue weighted by Gasteiger charge is -2.03. The van der Waals surface area contributed by atoms with Gasteiger partial charge in [-0.15, -0.1) is 0 Å².